The summed E-state index contributed by atoms with van der Waals surface area (Å²) in [4.78, 5) is 0. The second-order valence-electron chi connectivity index (χ2n) is 12.8. The zero-order valence-electron chi connectivity index (χ0n) is 25.3. The SMILES string of the molecule is CCCCCCCCCCCCCCCCCCCC[N+](C)(C)CC[N+](C)(C)CCCCCC. The smallest absolute Gasteiger partial charge is 0.128 e. The van der Waals surface area contributed by atoms with E-state index in [1.54, 1.807) is 0 Å². The zero-order chi connectivity index (χ0) is 25.4. The van der Waals surface area contributed by atoms with E-state index in [0.717, 1.165) is 0 Å². The van der Waals surface area contributed by atoms with Gasteiger partial charge in [0.25, 0.3) is 0 Å². The van der Waals surface area contributed by atoms with Gasteiger partial charge in [0.05, 0.1) is 41.3 Å². The van der Waals surface area contributed by atoms with Gasteiger partial charge in [-0.15, -0.1) is 0 Å². The molecule has 2 heteroatoms. The molecule has 0 bridgehead atoms. The molecule has 0 saturated heterocycles. The molecule has 0 aliphatic heterocycles. The molecular weight excluding hydrogens is 412 g/mol. The lowest BCUT2D eigenvalue weighted by Crippen LogP contribution is -2.51. The second-order valence-corrected chi connectivity index (χ2v) is 12.8. The molecule has 0 amide bonds. The van der Waals surface area contributed by atoms with Crippen LogP contribution in [0.1, 0.15) is 155 Å². The van der Waals surface area contributed by atoms with Gasteiger partial charge in [-0.25, -0.2) is 0 Å². The Morgan fingerprint density at radius 1 is 0.265 bits per heavy atom. The highest BCUT2D eigenvalue weighted by Gasteiger charge is 2.22. The highest BCUT2D eigenvalue weighted by molar-refractivity contribution is 4.51. The third kappa shape index (κ3) is 25.0. The van der Waals surface area contributed by atoms with Crippen LogP contribution < -0.4 is 0 Å². The van der Waals surface area contributed by atoms with Crippen molar-refractivity contribution in [3.05, 3.63) is 0 Å². The van der Waals surface area contributed by atoms with E-state index in [1.165, 1.54) is 176 Å². The van der Waals surface area contributed by atoms with Crippen LogP contribution in [0.5, 0.6) is 0 Å². The Morgan fingerprint density at radius 2 is 0.471 bits per heavy atom. The summed E-state index contributed by atoms with van der Waals surface area (Å²) in [6.45, 7) is 9.95. The summed E-state index contributed by atoms with van der Waals surface area (Å²) in [6, 6.07) is 0. The summed E-state index contributed by atoms with van der Waals surface area (Å²) in [5, 5.41) is 0. The molecule has 0 aromatic carbocycles. The molecule has 0 aliphatic carbocycles. The Hall–Kier alpha value is -0.0800. The monoisotopic (exact) mass is 483 g/mol. The molecule has 0 aromatic heterocycles. The van der Waals surface area contributed by atoms with E-state index >= 15 is 0 Å². The zero-order valence-corrected chi connectivity index (χ0v) is 25.3. The lowest BCUT2D eigenvalue weighted by atomic mass is 10.0. The molecule has 0 aromatic rings. The van der Waals surface area contributed by atoms with Crippen molar-refractivity contribution in [2.75, 3.05) is 54.4 Å². The van der Waals surface area contributed by atoms with Crippen molar-refractivity contribution in [2.45, 2.75) is 155 Å². The number of unbranched alkanes of at least 4 members (excludes halogenated alkanes) is 20. The Balaban J connectivity index is 3.43. The van der Waals surface area contributed by atoms with E-state index in [2.05, 4.69) is 42.0 Å². The van der Waals surface area contributed by atoms with Crippen molar-refractivity contribution in [1.29, 1.82) is 0 Å². The predicted octanol–water partition coefficient (Wildman–Crippen LogP) is 9.76. The van der Waals surface area contributed by atoms with Crippen molar-refractivity contribution in [1.82, 2.24) is 0 Å². The first kappa shape index (κ1) is 33.9. The van der Waals surface area contributed by atoms with Crippen molar-refractivity contribution >= 4 is 0 Å². The number of hydrogen-bond acceptors (Lipinski definition) is 0. The topological polar surface area (TPSA) is 0 Å². The Morgan fingerprint density at radius 3 is 0.735 bits per heavy atom. The molecule has 0 unspecified atom stereocenters. The molecule has 0 N–H and O–H groups in total. The average molecular weight is 483 g/mol. The molecule has 206 valence electrons. The molecule has 0 radical (unpaired) electrons. The average Bonchev–Trinajstić information content (AvgIpc) is 2.80. The van der Waals surface area contributed by atoms with Gasteiger partial charge in [0.15, 0.2) is 0 Å². The lowest BCUT2D eigenvalue weighted by molar-refractivity contribution is -0.946. The van der Waals surface area contributed by atoms with Gasteiger partial charge in [-0.05, 0) is 25.7 Å². The third-order valence-corrected chi connectivity index (χ3v) is 8.04. The lowest BCUT2D eigenvalue weighted by Gasteiger charge is -2.36. The fourth-order valence-corrected chi connectivity index (χ4v) is 5.17. The van der Waals surface area contributed by atoms with Crippen molar-refractivity contribution in [3.8, 4) is 0 Å². The first-order valence-corrected chi connectivity index (χ1v) is 16.0. The van der Waals surface area contributed by atoms with Gasteiger partial charge < -0.3 is 8.97 Å². The summed E-state index contributed by atoms with van der Waals surface area (Å²) in [7, 11) is 9.76. The first-order chi connectivity index (χ1) is 16.3. The van der Waals surface area contributed by atoms with Crippen LogP contribution in [0.3, 0.4) is 0 Å². The maximum Gasteiger partial charge on any atom is 0.128 e. The largest absolute Gasteiger partial charge is 0.324 e. The van der Waals surface area contributed by atoms with Crippen LogP contribution in [-0.4, -0.2) is 63.3 Å². The molecule has 0 saturated carbocycles. The minimum atomic E-state index is 1.20. The Kier molecular flexibility index (Phi) is 23.3. The van der Waals surface area contributed by atoms with E-state index in [4.69, 9.17) is 0 Å². The van der Waals surface area contributed by atoms with Gasteiger partial charge in [-0.1, -0.05) is 129 Å². The standard InChI is InChI=1S/C32H70N2/c1-7-9-11-13-14-15-16-17-18-19-20-21-22-23-24-25-26-28-30-34(5,6)32-31-33(3,4)29-27-12-10-8-2/h7-32H2,1-6H3/q+2. The summed E-state index contributed by atoms with van der Waals surface area (Å²) >= 11 is 0. The van der Waals surface area contributed by atoms with E-state index < -0.39 is 0 Å². The highest BCUT2D eigenvalue weighted by Crippen LogP contribution is 2.15. The molecule has 0 spiro atoms. The van der Waals surface area contributed by atoms with Crippen LogP contribution in [0, 0.1) is 0 Å². The van der Waals surface area contributed by atoms with Crippen LogP contribution >= 0.6 is 0 Å². The fraction of sp³-hybridized carbons (Fsp3) is 1.00. The summed E-state index contributed by atoms with van der Waals surface area (Å²) in [6.07, 6.45) is 31.9. The molecule has 0 fully saturated rings. The van der Waals surface area contributed by atoms with Crippen LogP contribution in [0.15, 0.2) is 0 Å². The summed E-state index contributed by atoms with van der Waals surface area (Å²) < 4.78 is 2.40. The molecule has 34 heavy (non-hydrogen) atoms. The van der Waals surface area contributed by atoms with Crippen LogP contribution in [-0.2, 0) is 0 Å². The Labute approximate surface area is 218 Å². The van der Waals surface area contributed by atoms with E-state index in [1.807, 2.05) is 0 Å². The number of quaternary nitrogens is 2. The molecule has 2 nitrogen and oxygen atoms in total. The number of nitrogens with zero attached hydrogens (tertiary/aromatic N) is 2. The van der Waals surface area contributed by atoms with Gasteiger partial charge in [0, 0.05) is 0 Å². The van der Waals surface area contributed by atoms with Crippen molar-refractivity contribution in [2.24, 2.45) is 0 Å². The molecule has 0 heterocycles. The number of likely N-dealkylation sites (N-methyl/N-ethyl adjacent to an activating group) is 2. The van der Waals surface area contributed by atoms with Crippen LogP contribution in [0.4, 0.5) is 0 Å². The first-order valence-electron chi connectivity index (χ1n) is 16.0. The van der Waals surface area contributed by atoms with E-state index in [0.29, 0.717) is 0 Å². The maximum atomic E-state index is 2.45. The van der Waals surface area contributed by atoms with E-state index in [9.17, 15) is 0 Å². The minimum Gasteiger partial charge on any atom is -0.324 e. The maximum absolute atomic E-state index is 2.45. The quantitative estimate of drug-likeness (QED) is 0.0807. The molecular formula is C32H70N2+2. The summed E-state index contributed by atoms with van der Waals surface area (Å²) in [5.41, 5.74) is 0. The second kappa shape index (κ2) is 23.3. The van der Waals surface area contributed by atoms with Crippen LogP contribution in [0.2, 0.25) is 0 Å². The molecule has 0 aliphatic rings. The highest BCUT2D eigenvalue weighted by atomic mass is 15.4. The number of hydrogen-bond donors (Lipinski definition) is 0. The van der Waals surface area contributed by atoms with Gasteiger partial charge >= 0.3 is 0 Å². The van der Waals surface area contributed by atoms with Gasteiger partial charge in [0.1, 0.15) is 13.1 Å². The molecule has 0 atom stereocenters. The van der Waals surface area contributed by atoms with Crippen LogP contribution in [0.25, 0.3) is 0 Å². The van der Waals surface area contributed by atoms with Gasteiger partial charge in [0.2, 0.25) is 0 Å². The van der Waals surface area contributed by atoms with Crippen molar-refractivity contribution in [3.63, 3.8) is 0 Å². The minimum absolute atomic E-state index is 1.20. The summed E-state index contributed by atoms with van der Waals surface area (Å²) in [5.74, 6) is 0. The number of rotatable bonds is 27. The van der Waals surface area contributed by atoms with Gasteiger partial charge in [-0.3, -0.25) is 0 Å². The fourth-order valence-electron chi connectivity index (χ4n) is 5.17. The predicted molar refractivity (Wildman–Crippen MR) is 157 cm³/mol. The Bertz CT molecular complexity index is 402. The van der Waals surface area contributed by atoms with E-state index in [-0.39, 0.29) is 0 Å². The normalized spacial score (nSPS) is 12.5. The molecule has 0 rings (SSSR count). The van der Waals surface area contributed by atoms with Crippen molar-refractivity contribution < 1.29 is 8.97 Å². The third-order valence-electron chi connectivity index (χ3n) is 8.04. The van der Waals surface area contributed by atoms with Gasteiger partial charge in [-0.2, -0.15) is 0 Å².